The van der Waals surface area contributed by atoms with Gasteiger partial charge in [-0.1, -0.05) is 40.7 Å². The number of rotatable bonds is 4. The average molecular weight is 486 g/mol. The zero-order valence-electron chi connectivity index (χ0n) is 18.8. The number of hydrogen-bond acceptors (Lipinski definition) is 3. The van der Waals surface area contributed by atoms with Gasteiger partial charge in [-0.05, 0) is 77.1 Å². The number of benzene rings is 2. The molecule has 4 heteroatoms. The van der Waals surface area contributed by atoms with Crippen LogP contribution in [0, 0.1) is 0 Å². The molecule has 1 heterocycles. The predicted octanol–water partition coefficient (Wildman–Crippen LogP) is 4.40. The van der Waals surface area contributed by atoms with Crippen molar-refractivity contribution in [2.75, 3.05) is 7.11 Å². The highest BCUT2D eigenvalue weighted by Crippen LogP contribution is 2.48. The van der Waals surface area contributed by atoms with Crippen LogP contribution in [0.25, 0.3) is 21.8 Å². The molecule has 3 aromatic rings. The number of fused-ring (bicyclic) bond motifs is 1. The fraction of sp³-hybridized carbons (Fsp3) is 0.423. The van der Waals surface area contributed by atoms with Gasteiger partial charge in [0.25, 0.3) is 0 Å². The summed E-state index contributed by atoms with van der Waals surface area (Å²) in [4.78, 5) is 5.03. The van der Waals surface area contributed by atoms with E-state index in [1.165, 1.54) is 35.1 Å². The van der Waals surface area contributed by atoms with Crippen molar-refractivity contribution in [3.8, 4) is 27.6 Å². The molecule has 0 atom stereocenters. The molecular weight excluding hydrogens is 454 g/mol. The third-order valence-corrected chi connectivity index (χ3v) is 7.47. The molecule has 2 nitrogen and oxygen atoms in total. The van der Waals surface area contributed by atoms with E-state index in [4.69, 9.17) is 9.72 Å². The molecule has 4 rings (SSSR count). The quantitative estimate of drug-likeness (QED) is 0.547. The maximum Gasteiger partial charge on any atom is 0.124 e. The first-order chi connectivity index (χ1) is 13.7. The molecular formula is C26H31BrNOS-. The van der Waals surface area contributed by atoms with Crippen LogP contribution < -0.4 is 21.7 Å². The second-order valence-corrected chi connectivity index (χ2v) is 10.3. The molecule has 0 aliphatic heterocycles. The van der Waals surface area contributed by atoms with Crippen molar-refractivity contribution in [1.82, 2.24) is 4.98 Å². The van der Waals surface area contributed by atoms with Crippen molar-refractivity contribution < 1.29 is 21.7 Å². The fourth-order valence-corrected chi connectivity index (χ4v) is 5.28. The molecule has 30 heavy (non-hydrogen) atoms. The molecule has 1 aliphatic rings. The lowest BCUT2D eigenvalue weighted by atomic mass is 9.62. The molecule has 0 fully saturated rings. The SMILES string of the molecule is CCc1cc2c(cc1-c1csc(-c3ccc(OC)cc3)n1)C(C)(C)CCC2(C)C.[Br-]. The van der Waals surface area contributed by atoms with Crippen LogP contribution >= 0.6 is 11.3 Å². The van der Waals surface area contributed by atoms with Crippen LogP contribution in [0.4, 0.5) is 0 Å². The number of nitrogens with zero attached hydrogens (tertiary/aromatic N) is 1. The zero-order valence-corrected chi connectivity index (χ0v) is 21.2. The minimum Gasteiger partial charge on any atom is -1.00 e. The Morgan fingerprint density at radius 1 is 0.967 bits per heavy atom. The van der Waals surface area contributed by atoms with E-state index in [9.17, 15) is 0 Å². The van der Waals surface area contributed by atoms with Gasteiger partial charge in [-0.3, -0.25) is 0 Å². The molecule has 0 amide bonds. The van der Waals surface area contributed by atoms with Crippen LogP contribution in [0.2, 0.25) is 0 Å². The zero-order chi connectivity index (χ0) is 20.8. The Labute approximate surface area is 195 Å². The van der Waals surface area contributed by atoms with Crippen LogP contribution in [-0.2, 0) is 17.3 Å². The van der Waals surface area contributed by atoms with Gasteiger partial charge in [-0.2, -0.15) is 0 Å². The third-order valence-electron chi connectivity index (χ3n) is 6.57. The summed E-state index contributed by atoms with van der Waals surface area (Å²) in [5, 5.41) is 3.27. The van der Waals surface area contributed by atoms with Crippen LogP contribution in [-0.4, -0.2) is 12.1 Å². The normalized spacial score (nSPS) is 16.5. The van der Waals surface area contributed by atoms with Crippen LogP contribution in [0.15, 0.2) is 41.8 Å². The number of thiazole rings is 1. The monoisotopic (exact) mass is 484 g/mol. The minimum atomic E-state index is 0. The largest absolute Gasteiger partial charge is 1.00 e. The first-order valence-electron chi connectivity index (χ1n) is 10.5. The number of aryl methyl sites for hydroxylation is 1. The summed E-state index contributed by atoms with van der Waals surface area (Å²) >= 11 is 1.72. The topological polar surface area (TPSA) is 22.1 Å². The number of ether oxygens (including phenoxy) is 1. The molecule has 1 aliphatic carbocycles. The molecule has 0 saturated carbocycles. The maximum atomic E-state index is 5.28. The van der Waals surface area contributed by atoms with Gasteiger partial charge in [0, 0.05) is 16.5 Å². The molecule has 0 spiro atoms. The molecule has 0 radical (unpaired) electrons. The summed E-state index contributed by atoms with van der Waals surface area (Å²) in [6.07, 6.45) is 3.49. The Hall–Kier alpha value is -1.65. The summed E-state index contributed by atoms with van der Waals surface area (Å²) in [5.41, 5.74) is 8.41. The Kier molecular flexibility index (Phi) is 6.50. The first-order valence-corrected chi connectivity index (χ1v) is 11.4. The average Bonchev–Trinajstić information content (AvgIpc) is 3.21. The lowest BCUT2D eigenvalue weighted by Gasteiger charge is -2.42. The van der Waals surface area contributed by atoms with E-state index >= 15 is 0 Å². The molecule has 0 unspecified atom stereocenters. The Balaban J connectivity index is 0.00000256. The highest BCUT2D eigenvalue weighted by molar-refractivity contribution is 7.13. The highest BCUT2D eigenvalue weighted by Gasteiger charge is 2.37. The van der Waals surface area contributed by atoms with Gasteiger partial charge in [-0.15, -0.1) is 11.3 Å². The summed E-state index contributed by atoms with van der Waals surface area (Å²) in [6.45, 7) is 11.8. The van der Waals surface area contributed by atoms with Gasteiger partial charge in [0.2, 0.25) is 0 Å². The van der Waals surface area contributed by atoms with Crippen molar-refractivity contribution in [2.24, 2.45) is 0 Å². The Bertz CT molecular complexity index is 1030. The predicted molar refractivity (Wildman–Crippen MR) is 124 cm³/mol. The molecule has 1 aromatic heterocycles. The standard InChI is InChI=1S/C26H31NOS.BrH/c1-7-17-14-21-22(26(4,5)13-12-25(21,2)3)15-20(17)23-16-29-24(27-23)18-8-10-19(28-6)11-9-18;/h8-11,14-16H,7,12-13H2,1-6H3;1H/p-1. The Morgan fingerprint density at radius 3 is 2.13 bits per heavy atom. The van der Waals surface area contributed by atoms with E-state index in [-0.39, 0.29) is 27.8 Å². The van der Waals surface area contributed by atoms with Crippen LogP contribution in [0.5, 0.6) is 5.75 Å². The summed E-state index contributed by atoms with van der Waals surface area (Å²) in [5.74, 6) is 0.873. The molecule has 0 bridgehead atoms. The van der Waals surface area contributed by atoms with Crippen molar-refractivity contribution in [3.63, 3.8) is 0 Å². The highest BCUT2D eigenvalue weighted by atomic mass is 79.9. The van der Waals surface area contributed by atoms with Gasteiger partial charge in [-0.25, -0.2) is 4.98 Å². The van der Waals surface area contributed by atoms with E-state index in [0.29, 0.717) is 0 Å². The van der Waals surface area contributed by atoms with Crippen molar-refractivity contribution in [1.29, 1.82) is 0 Å². The van der Waals surface area contributed by atoms with Gasteiger partial charge < -0.3 is 21.7 Å². The summed E-state index contributed by atoms with van der Waals surface area (Å²) in [7, 11) is 1.70. The first kappa shape index (κ1) is 23.0. The van der Waals surface area contributed by atoms with E-state index in [1.807, 2.05) is 12.1 Å². The van der Waals surface area contributed by atoms with Crippen molar-refractivity contribution in [3.05, 3.63) is 58.5 Å². The molecule has 2 aromatic carbocycles. The molecule has 0 saturated heterocycles. The van der Waals surface area contributed by atoms with E-state index in [1.54, 1.807) is 18.4 Å². The maximum absolute atomic E-state index is 5.28. The van der Waals surface area contributed by atoms with Gasteiger partial charge in [0.1, 0.15) is 10.8 Å². The number of hydrogen-bond donors (Lipinski definition) is 0. The van der Waals surface area contributed by atoms with Gasteiger partial charge in [0.05, 0.1) is 12.8 Å². The third kappa shape index (κ3) is 4.09. The van der Waals surface area contributed by atoms with Crippen molar-refractivity contribution >= 4 is 11.3 Å². The van der Waals surface area contributed by atoms with E-state index < -0.39 is 0 Å². The smallest absolute Gasteiger partial charge is 0.124 e. The fourth-order valence-electron chi connectivity index (χ4n) is 4.45. The number of methoxy groups -OCH3 is 1. The van der Waals surface area contributed by atoms with Crippen molar-refractivity contribution in [2.45, 2.75) is 64.7 Å². The van der Waals surface area contributed by atoms with Gasteiger partial charge >= 0.3 is 0 Å². The number of halogens is 1. The lowest BCUT2D eigenvalue weighted by molar-refractivity contribution is -0.00000675. The number of aromatic nitrogens is 1. The minimum absolute atomic E-state index is 0. The summed E-state index contributed by atoms with van der Waals surface area (Å²) < 4.78 is 5.28. The summed E-state index contributed by atoms with van der Waals surface area (Å²) in [6, 6.07) is 13.1. The van der Waals surface area contributed by atoms with Crippen LogP contribution in [0.1, 0.15) is 64.2 Å². The molecule has 0 N–H and O–H groups in total. The van der Waals surface area contributed by atoms with Crippen LogP contribution in [0.3, 0.4) is 0 Å². The molecule has 160 valence electrons. The van der Waals surface area contributed by atoms with E-state index in [0.717, 1.165) is 28.4 Å². The Morgan fingerprint density at radius 2 is 1.57 bits per heavy atom. The van der Waals surface area contributed by atoms with Gasteiger partial charge in [0.15, 0.2) is 0 Å². The second-order valence-electron chi connectivity index (χ2n) is 9.44. The second kappa shape index (κ2) is 8.47. The lowest BCUT2D eigenvalue weighted by Crippen LogP contribution is -3.00. The van der Waals surface area contributed by atoms with E-state index in [2.05, 4.69) is 64.3 Å².